The fraction of sp³-hybridized carbons (Fsp3) is 0.440. The van der Waals surface area contributed by atoms with Crippen LogP contribution in [0.25, 0.3) is 0 Å². The number of methoxy groups -OCH3 is 1. The molecule has 0 radical (unpaired) electrons. The number of hydrogen-bond donors (Lipinski definition) is 2. The maximum atomic E-state index is 11.6. The molecule has 2 N–H and O–H groups in total. The first-order valence-electron chi connectivity index (χ1n) is 12.3. The average molecular weight is 560 g/mol. The van der Waals surface area contributed by atoms with Crippen LogP contribution in [0.5, 0.6) is 5.75 Å². The molecule has 3 heterocycles. The molecule has 1 saturated heterocycles. The molecule has 0 aliphatic carbocycles. The molecule has 0 unspecified atom stereocenters. The van der Waals surface area contributed by atoms with E-state index < -0.39 is 9.84 Å². The molecule has 0 spiro atoms. The second-order valence-corrected chi connectivity index (χ2v) is 12.7. The lowest BCUT2D eigenvalue weighted by molar-refractivity contribution is -0.116. The zero-order valence-electron chi connectivity index (χ0n) is 22.0. The normalized spacial score (nSPS) is 14.5. The summed E-state index contributed by atoms with van der Waals surface area (Å²) in [5, 5.41) is 11.0. The summed E-state index contributed by atoms with van der Waals surface area (Å²) in [5.41, 5.74) is 1.87. The van der Waals surface area contributed by atoms with Gasteiger partial charge >= 0.3 is 0 Å². The number of aryl methyl sites for hydroxylation is 1. The zero-order valence-corrected chi connectivity index (χ0v) is 23.7. The molecule has 2 aromatic heterocycles. The van der Waals surface area contributed by atoms with E-state index in [4.69, 9.17) is 14.7 Å². The number of ether oxygens (including phenoxy) is 1. The molecule has 0 amide bonds. The minimum absolute atomic E-state index is 0.120. The SMILES string of the molecule is COc1c(Nc2cc(C)[nH]n2)nc(Sc2ccc(CC(C)=O)cc2)nc1N1CCN(CCS(C)(=O)=O)CC1. The molecular weight excluding hydrogens is 526 g/mol. The lowest BCUT2D eigenvalue weighted by Gasteiger charge is -2.36. The van der Waals surface area contributed by atoms with Crippen molar-refractivity contribution in [1.29, 1.82) is 0 Å². The molecule has 4 rings (SSSR count). The highest BCUT2D eigenvalue weighted by atomic mass is 32.2. The minimum atomic E-state index is -3.01. The van der Waals surface area contributed by atoms with Gasteiger partial charge in [0.05, 0.1) is 12.9 Å². The van der Waals surface area contributed by atoms with Crippen molar-refractivity contribution in [1.82, 2.24) is 25.1 Å². The summed E-state index contributed by atoms with van der Waals surface area (Å²) in [6, 6.07) is 9.68. The smallest absolute Gasteiger partial charge is 0.204 e. The Balaban J connectivity index is 1.60. The third kappa shape index (κ3) is 7.68. The molecule has 0 saturated carbocycles. The van der Waals surface area contributed by atoms with Crippen molar-refractivity contribution in [3.8, 4) is 5.75 Å². The van der Waals surface area contributed by atoms with E-state index in [2.05, 4.69) is 25.3 Å². The quantitative estimate of drug-likeness (QED) is 0.336. The van der Waals surface area contributed by atoms with E-state index in [0.717, 1.165) is 16.2 Å². The molecular formula is C25H33N7O4S2. The maximum absolute atomic E-state index is 11.6. The van der Waals surface area contributed by atoms with Crippen LogP contribution in [-0.4, -0.2) is 91.1 Å². The molecule has 0 bridgehead atoms. The Hall–Kier alpha value is -3.16. The molecule has 13 heteroatoms. The summed E-state index contributed by atoms with van der Waals surface area (Å²) in [6.45, 7) is 6.77. The Morgan fingerprint density at radius 1 is 1.16 bits per heavy atom. The number of aromatic nitrogens is 4. The van der Waals surface area contributed by atoms with Crippen LogP contribution in [0.1, 0.15) is 18.2 Å². The van der Waals surface area contributed by atoms with Gasteiger partial charge < -0.3 is 15.0 Å². The van der Waals surface area contributed by atoms with Gasteiger partial charge in [-0.2, -0.15) is 5.10 Å². The number of nitrogens with zero attached hydrogens (tertiary/aromatic N) is 5. The molecule has 3 aromatic rings. The number of sulfone groups is 1. The Morgan fingerprint density at radius 3 is 2.45 bits per heavy atom. The van der Waals surface area contributed by atoms with Gasteiger partial charge in [-0.15, -0.1) is 0 Å². The highest BCUT2D eigenvalue weighted by Gasteiger charge is 2.25. The highest BCUT2D eigenvalue weighted by molar-refractivity contribution is 7.99. The number of ketones is 1. The topological polar surface area (TPSA) is 133 Å². The van der Waals surface area contributed by atoms with Crippen LogP contribution in [0.2, 0.25) is 0 Å². The summed E-state index contributed by atoms with van der Waals surface area (Å²) in [5.74, 6) is 2.55. The minimum Gasteiger partial charge on any atom is -0.490 e. The first-order valence-corrected chi connectivity index (χ1v) is 15.1. The number of nitrogens with one attached hydrogen (secondary N) is 2. The van der Waals surface area contributed by atoms with Crippen molar-refractivity contribution < 1.29 is 17.9 Å². The first-order chi connectivity index (χ1) is 18.1. The predicted molar refractivity (Wildman–Crippen MR) is 149 cm³/mol. The number of hydrogen-bond acceptors (Lipinski definition) is 11. The van der Waals surface area contributed by atoms with Crippen molar-refractivity contribution in [3.63, 3.8) is 0 Å². The van der Waals surface area contributed by atoms with Crippen molar-refractivity contribution >= 4 is 44.8 Å². The number of Topliss-reactive ketones (excluding diaryl/α,β-unsaturated/α-hetero) is 1. The Labute approximate surface area is 227 Å². The van der Waals surface area contributed by atoms with Gasteiger partial charge in [0.15, 0.2) is 22.6 Å². The first kappa shape index (κ1) is 27.9. The lowest BCUT2D eigenvalue weighted by atomic mass is 10.1. The number of aromatic amines is 1. The zero-order chi connectivity index (χ0) is 27.3. The van der Waals surface area contributed by atoms with Crippen LogP contribution in [0, 0.1) is 6.92 Å². The van der Waals surface area contributed by atoms with Gasteiger partial charge in [-0.25, -0.2) is 18.4 Å². The van der Waals surface area contributed by atoms with E-state index in [1.165, 1.54) is 18.0 Å². The number of benzene rings is 1. The lowest BCUT2D eigenvalue weighted by Crippen LogP contribution is -2.48. The number of rotatable bonds is 11. The number of piperazine rings is 1. The van der Waals surface area contributed by atoms with Crippen LogP contribution in [0.4, 0.5) is 17.5 Å². The van der Waals surface area contributed by atoms with Gasteiger partial charge in [0.2, 0.25) is 5.75 Å². The van der Waals surface area contributed by atoms with E-state index in [1.54, 1.807) is 14.0 Å². The fourth-order valence-corrected chi connectivity index (χ4v) is 5.44. The second kappa shape index (κ2) is 12.1. The van der Waals surface area contributed by atoms with E-state index in [9.17, 15) is 13.2 Å². The monoisotopic (exact) mass is 559 g/mol. The van der Waals surface area contributed by atoms with Crippen molar-refractivity contribution in [3.05, 3.63) is 41.6 Å². The van der Waals surface area contributed by atoms with Crippen molar-refractivity contribution in [2.75, 3.05) is 62.1 Å². The average Bonchev–Trinajstić information content (AvgIpc) is 3.27. The summed E-state index contributed by atoms with van der Waals surface area (Å²) >= 11 is 1.42. The Morgan fingerprint density at radius 2 is 1.87 bits per heavy atom. The van der Waals surface area contributed by atoms with Crippen LogP contribution in [0.15, 0.2) is 40.4 Å². The molecule has 1 aliphatic heterocycles. The molecule has 1 aliphatic rings. The molecule has 1 fully saturated rings. The third-order valence-corrected chi connectivity index (χ3v) is 7.82. The van der Waals surface area contributed by atoms with Gasteiger partial charge in [0.25, 0.3) is 0 Å². The van der Waals surface area contributed by atoms with Gasteiger partial charge in [0.1, 0.15) is 15.6 Å². The van der Waals surface area contributed by atoms with Crippen LogP contribution in [0.3, 0.4) is 0 Å². The summed E-state index contributed by atoms with van der Waals surface area (Å²) in [6.07, 6.45) is 1.67. The number of anilines is 3. The Kier molecular flexibility index (Phi) is 8.90. The van der Waals surface area contributed by atoms with Crippen molar-refractivity contribution in [2.24, 2.45) is 0 Å². The van der Waals surface area contributed by atoms with Gasteiger partial charge in [0, 0.05) is 62.1 Å². The summed E-state index contributed by atoms with van der Waals surface area (Å²) in [4.78, 5) is 26.3. The van der Waals surface area contributed by atoms with E-state index in [0.29, 0.717) is 67.5 Å². The highest BCUT2D eigenvalue weighted by Crippen LogP contribution is 2.38. The van der Waals surface area contributed by atoms with Gasteiger partial charge in [-0.05, 0) is 43.3 Å². The molecule has 0 atom stereocenters. The Bertz CT molecular complexity index is 1370. The predicted octanol–water partition coefficient (Wildman–Crippen LogP) is 2.71. The number of carbonyl (C=O) groups excluding carboxylic acids is 1. The number of carbonyl (C=O) groups is 1. The van der Waals surface area contributed by atoms with Crippen LogP contribution < -0.4 is 15.0 Å². The van der Waals surface area contributed by atoms with Gasteiger partial charge in [-0.1, -0.05) is 12.1 Å². The molecule has 1 aromatic carbocycles. The molecule has 204 valence electrons. The van der Waals surface area contributed by atoms with Crippen molar-refractivity contribution in [2.45, 2.75) is 30.3 Å². The number of H-pyrrole nitrogens is 1. The standard InChI is InChI=1S/C25H33N7O4S2/c1-17-15-21(30-29-17)26-23-22(36-3)24(32-11-9-31(10-12-32)13-14-38(4,34)35)28-25(27-23)37-20-7-5-19(6-8-20)16-18(2)33/h5-8,15H,9-14,16H2,1-4H3,(H2,26,27,28,29,30). The van der Waals surface area contributed by atoms with Gasteiger partial charge in [-0.3, -0.25) is 14.8 Å². The van der Waals surface area contributed by atoms with Crippen LogP contribution >= 0.6 is 11.8 Å². The summed E-state index contributed by atoms with van der Waals surface area (Å²) < 4.78 is 29.0. The largest absolute Gasteiger partial charge is 0.490 e. The van der Waals surface area contributed by atoms with E-state index in [1.807, 2.05) is 37.3 Å². The van der Waals surface area contributed by atoms with E-state index >= 15 is 0 Å². The van der Waals surface area contributed by atoms with Crippen LogP contribution in [-0.2, 0) is 21.1 Å². The molecule has 38 heavy (non-hydrogen) atoms. The fourth-order valence-electron chi connectivity index (χ4n) is 4.10. The molecule has 11 nitrogen and oxygen atoms in total. The van der Waals surface area contributed by atoms with E-state index in [-0.39, 0.29) is 11.5 Å². The second-order valence-electron chi connectivity index (χ2n) is 9.36. The maximum Gasteiger partial charge on any atom is 0.204 e. The summed E-state index contributed by atoms with van der Waals surface area (Å²) in [7, 11) is -1.42. The third-order valence-electron chi connectivity index (χ3n) is 6.02.